The second-order valence-electron chi connectivity index (χ2n) is 13.4. The Hall–Kier alpha value is -2.30. The number of carboxylic acids is 2. The van der Waals surface area contributed by atoms with Crippen molar-refractivity contribution < 1.29 is 64.8 Å². The smallest absolute Gasteiger partial charge is 0.327 e. The number of carbonyl (C=O) groups is 4. The van der Waals surface area contributed by atoms with Gasteiger partial charge < -0.3 is 19.7 Å². The number of unbranched alkanes of at least 4 members (excludes halogenated alkanes) is 16. The summed E-state index contributed by atoms with van der Waals surface area (Å²) in [6.07, 6.45) is 16.7. The third-order valence-corrected chi connectivity index (χ3v) is 11.2. The van der Waals surface area contributed by atoms with Crippen molar-refractivity contribution in [2.45, 2.75) is 186 Å². The van der Waals surface area contributed by atoms with Crippen LogP contribution in [0.15, 0.2) is 0 Å². The highest BCUT2D eigenvalue weighted by Gasteiger charge is 2.55. The van der Waals surface area contributed by atoms with E-state index in [1.807, 2.05) is 13.8 Å². The quantitative estimate of drug-likeness (QED) is 0.0289. The van der Waals surface area contributed by atoms with Gasteiger partial charge in [-0.3, -0.25) is 28.3 Å². The van der Waals surface area contributed by atoms with Gasteiger partial charge in [0, 0.05) is 0 Å². The molecule has 4 N–H and O–H groups in total. The van der Waals surface area contributed by atoms with E-state index in [0.717, 1.165) is 89.9 Å². The molecule has 0 aliphatic rings. The highest BCUT2D eigenvalue weighted by atomic mass is 32.2. The second kappa shape index (κ2) is 30.1. The fourth-order valence-corrected chi connectivity index (χ4v) is 7.65. The molecular weight excluding hydrogens is 721 g/mol. The first-order valence-corrected chi connectivity index (χ1v) is 22.2. The minimum atomic E-state index is -5.04. The van der Waals surface area contributed by atoms with Gasteiger partial charge in [-0.15, -0.1) is 0 Å². The summed E-state index contributed by atoms with van der Waals surface area (Å²) < 4.78 is 74.7. The molecule has 0 saturated carbocycles. The number of esters is 2. The maximum atomic E-state index is 12.0. The zero-order valence-electron chi connectivity index (χ0n) is 32.0. The van der Waals surface area contributed by atoms with Gasteiger partial charge >= 0.3 is 23.9 Å². The molecule has 52 heavy (non-hydrogen) atoms. The van der Waals surface area contributed by atoms with E-state index < -0.39 is 66.4 Å². The molecule has 2 unspecified atom stereocenters. The molecule has 308 valence electrons. The molecule has 14 nitrogen and oxygen atoms in total. The van der Waals surface area contributed by atoms with Crippen molar-refractivity contribution in [1.82, 2.24) is 0 Å². The lowest BCUT2D eigenvalue weighted by Crippen LogP contribution is -2.51. The second-order valence-corrected chi connectivity index (χ2v) is 16.5. The van der Waals surface area contributed by atoms with Crippen molar-refractivity contribution in [2.75, 3.05) is 13.2 Å². The van der Waals surface area contributed by atoms with Gasteiger partial charge in [0.1, 0.15) is 0 Å². The van der Waals surface area contributed by atoms with Crippen LogP contribution in [-0.2, 0) is 48.9 Å². The summed E-state index contributed by atoms with van der Waals surface area (Å²) >= 11 is 0. The molecular formula is C36H68O14S2. The summed E-state index contributed by atoms with van der Waals surface area (Å²) in [6, 6.07) is 0. The first-order valence-electron chi connectivity index (χ1n) is 19.2. The Morgan fingerprint density at radius 3 is 1.23 bits per heavy atom. The van der Waals surface area contributed by atoms with Crippen LogP contribution in [0.3, 0.4) is 0 Å². The molecule has 0 fully saturated rings. The monoisotopic (exact) mass is 788 g/mol. The Bertz CT molecular complexity index is 1190. The molecule has 0 aromatic carbocycles. The Balaban J connectivity index is 0. The normalized spacial score (nSPS) is 13.0. The lowest BCUT2D eigenvalue weighted by molar-refractivity contribution is -0.156. The van der Waals surface area contributed by atoms with E-state index in [4.69, 9.17) is 9.47 Å². The third-order valence-electron chi connectivity index (χ3n) is 8.88. The lowest BCUT2D eigenvalue weighted by Gasteiger charge is -2.33. The van der Waals surface area contributed by atoms with E-state index in [9.17, 15) is 55.3 Å². The maximum Gasteiger partial charge on any atom is 0.327 e. The van der Waals surface area contributed by atoms with Gasteiger partial charge in [-0.05, 0) is 25.7 Å². The Morgan fingerprint density at radius 2 is 0.904 bits per heavy atom. The first kappa shape index (κ1) is 51.8. The molecule has 0 aromatic rings. The van der Waals surface area contributed by atoms with E-state index in [-0.39, 0.29) is 26.1 Å². The van der Waals surface area contributed by atoms with E-state index in [0.29, 0.717) is 38.5 Å². The first-order chi connectivity index (χ1) is 24.5. The summed E-state index contributed by atoms with van der Waals surface area (Å²) in [5, 5.41) is 14.9. The summed E-state index contributed by atoms with van der Waals surface area (Å²) in [5.74, 6) is -5.21. The lowest BCUT2D eigenvalue weighted by atomic mass is 9.74. The van der Waals surface area contributed by atoms with Crippen molar-refractivity contribution in [3.05, 3.63) is 0 Å². The SMILES string of the molecule is CCCCCCCC(CCCCCCC)(C(=O)O)C(C(=O)O)S(=O)(=O)O.CCCCCCCOC(=O)CC(C(=O)OCCCCCCC)S(=O)(=O)O. The molecule has 0 aromatic heterocycles. The number of aliphatic carboxylic acids is 2. The van der Waals surface area contributed by atoms with Crippen molar-refractivity contribution in [1.29, 1.82) is 0 Å². The van der Waals surface area contributed by atoms with Gasteiger partial charge in [-0.25, -0.2) is 0 Å². The van der Waals surface area contributed by atoms with Crippen molar-refractivity contribution in [2.24, 2.45) is 5.41 Å². The predicted octanol–water partition coefficient (Wildman–Crippen LogP) is 7.78. The van der Waals surface area contributed by atoms with Gasteiger partial charge in [0.05, 0.1) is 25.0 Å². The molecule has 0 radical (unpaired) electrons. The zero-order chi connectivity index (χ0) is 40.1. The number of hydrogen-bond donors (Lipinski definition) is 4. The van der Waals surface area contributed by atoms with Crippen LogP contribution in [0.25, 0.3) is 0 Å². The highest BCUT2D eigenvalue weighted by molar-refractivity contribution is 7.87. The maximum absolute atomic E-state index is 12.0. The molecule has 0 saturated heterocycles. The van der Waals surface area contributed by atoms with Gasteiger partial charge in [0.15, 0.2) is 10.5 Å². The summed E-state index contributed by atoms with van der Waals surface area (Å²) in [6.45, 7) is 8.50. The largest absolute Gasteiger partial charge is 0.481 e. The van der Waals surface area contributed by atoms with Gasteiger partial charge in [0.2, 0.25) is 0 Å². The Kier molecular flexibility index (Phi) is 30.0. The van der Waals surface area contributed by atoms with Crippen LogP contribution in [0.5, 0.6) is 0 Å². The number of ether oxygens (including phenoxy) is 2. The van der Waals surface area contributed by atoms with E-state index >= 15 is 0 Å². The van der Waals surface area contributed by atoms with Crippen LogP contribution >= 0.6 is 0 Å². The fraction of sp³-hybridized carbons (Fsp3) is 0.889. The highest BCUT2D eigenvalue weighted by Crippen LogP contribution is 2.39. The van der Waals surface area contributed by atoms with Crippen molar-refractivity contribution in [3.8, 4) is 0 Å². The van der Waals surface area contributed by atoms with E-state index in [2.05, 4.69) is 13.8 Å². The van der Waals surface area contributed by atoms with Crippen LogP contribution in [0.2, 0.25) is 0 Å². The number of carboxylic acid groups (broad SMARTS) is 2. The third kappa shape index (κ3) is 24.1. The summed E-state index contributed by atoms with van der Waals surface area (Å²) in [5.41, 5.74) is -2.00. The van der Waals surface area contributed by atoms with Crippen LogP contribution in [0.4, 0.5) is 0 Å². The molecule has 0 spiro atoms. The fourth-order valence-electron chi connectivity index (χ4n) is 5.83. The summed E-state index contributed by atoms with van der Waals surface area (Å²) in [4.78, 5) is 47.2. The van der Waals surface area contributed by atoms with Crippen LogP contribution < -0.4 is 0 Å². The number of hydrogen-bond acceptors (Lipinski definition) is 10. The Labute approximate surface area is 312 Å². The van der Waals surface area contributed by atoms with Gasteiger partial charge in [0.25, 0.3) is 20.2 Å². The van der Waals surface area contributed by atoms with Crippen LogP contribution in [0.1, 0.15) is 175 Å². The Morgan fingerprint density at radius 1 is 0.538 bits per heavy atom. The molecule has 0 bridgehead atoms. The molecule has 0 amide bonds. The topological polar surface area (TPSA) is 236 Å². The predicted molar refractivity (Wildman–Crippen MR) is 199 cm³/mol. The van der Waals surface area contributed by atoms with E-state index in [1.165, 1.54) is 0 Å². The average Bonchev–Trinajstić information content (AvgIpc) is 3.05. The molecule has 0 rings (SSSR count). The van der Waals surface area contributed by atoms with Gasteiger partial charge in [-0.1, -0.05) is 143 Å². The average molecular weight is 789 g/mol. The molecule has 16 heteroatoms. The molecule has 0 aliphatic heterocycles. The van der Waals surface area contributed by atoms with Crippen LogP contribution in [-0.4, -0.2) is 83.7 Å². The molecule has 0 heterocycles. The van der Waals surface area contributed by atoms with E-state index in [1.54, 1.807) is 0 Å². The van der Waals surface area contributed by atoms with Gasteiger partial charge in [-0.2, -0.15) is 16.8 Å². The minimum Gasteiger partial charge on any atom is -0.481 e. The minimum absolute atomic E-state index is 0.0705. The summed E-state index contributed by atoms with van der Waals surface area (Å²) in [7, 11) is -9.77. The van der Waals surface area contributed by atoms with Crippen LogP contribution in [0, 0.1) is 5.41 Å². The number of rotatable bonds is 32. The van der Waals surface area contributed by atoms with Crippen molar-refractivity contribution >= 4 is 44.1 Å². The number of carbonyl (C=O) groups excluding carboxylic acids is 2. The molecule has 2 atom stereocenters. The van der Waals surface area contributed by atoms with Crippen molar-refractivity contribution in [3.63, 3.8) is 0 Å². The zero-order valence-corrected chi connectivity index (χ0v) is 33.7. The molecule has 0 aliphatic carbocycles. The standard InChI is InChI=1S/2C18H34O7S/c1-3-5-7-9-11-13-18(17(21)22,14-12-10-8-6-4-2)15(16(19)20)26(23,24)25;1-3-5-7-9-11-13-24-17(19)15-16(26(21,22)23)18(20)25-14-12-10-8-6-4-2/h15H,3-14H2,1-2H3,(H,19,20)(H,21,22)(H,23,24,25);16H,3-15H2,1-2H3,(H,21,22,23).